The summed E-state index contributed by atoms with van der Waals surface area (Å²) in [5, 5.41) is 2.83. The molecule has 2 amide bonds. The highest BCUT2D eigenvalue weighted by Crippen LogP contribution is 2.27. The quantitative estimate of drug-likeness (QED) is 0.566. The minimum Gasteiger partial charge on any atom is -0.383 e. The minimum absolute atomic E-state index is 0.00464. The Morgan fingerprint density at radius 3 is 2.42 bits per heavy atom. The van der Waals surface area contributed by atoms with Crippen molar-refractivity contribution in [2.75, 3.05) is 60.0 Å². The van der Waals surface area contributed by atoms with E-state index in [1.807, 2.05) is 4.90 Å². The van der Waals surface area contributed by atoms with E-state index in [4.69, 9.17) is 4.74 Å². The van der Waals surface area contributed by atoms with Crippen LogP contribution < -0.4 is 5.32 Å². The van der Waals surface area contributed by atoms with Crippen LogP contribution >= 0.6 is 0 Å². The molecule has 0 spiro atoms. The van der Waals surface area contributed by atoms with Crippen molar-refractivity contribution in [3.05, 3.63) is 82.4 Å². The summed E-state index contributed by atoms with van der Waals surface area (Å²) in [5.74, 6) is -1.84. The number of rotatable bonds is 8. The first-order valence-corrected chi connectivity index (χ1v) is 12.5. The molecule has 38 heavy (non-hydrogen) atoms. The van der Waals surface area contributed by atoms with Crippen molar-refractivity contribution in [3.63, 3.8) is 0 Å². The fourth-order valence-electron chi connectivity index (χ4n) is 4.81. The van der Waals surface area contributed by atoms with Crippen LogP contribution in [0.5, 0.6) is 0 Å². The average molecular weight is 523 g/mol. The van der Waals surface area contributed by atoms with Gasteiger partial charge in [0, 0.05) is 63.6 Å². The predicted molar refractivity (Wildman–Crippen MR) is 138 cm³/mol. The SMILES string of the molecule is CNC1=C(N(CCOC)C(=O)CN2CCCN(C(=O)c3cccc(F)c3)CC2)C(=O)c2ccccc2C1=O. The maximum absolute atomic E-state index is 13.6. The molecule has 0 atom stereocenters. The summed E-state index contributed by atoms with van der Waals surface area (Å²) in [6, 6.07) is 12.1. The predicted octanol–water partition coefficient (Wildman–Crippen LogP) is 1.96. The minimum atomic E-state index is -0.470. The molecule has 9 nitrogen and oxygen atoms in total. The van der Waals surface area contributed by atoms with Gasteiger partial charge in [-0.25, -0.2) is 4.39 Å². The first-order valence-electron chi connectivity index (χ1n) is 12.5. The summed E-state index contributed by atoms with van der Waals surface area (Å²) in [5.41, 5.74) is 0.910. The van der Waals surface area contributed by atoms with E-state index in [-0.39, 0.29) is 59.8 Å². The highest BCUT2D eigenvalue weighted by Gasteiger charge is 2.37. The molecule has 1 saturated heterocycles. The lowest BCUT2D eigenvalue weighted by Crippen LogP contribution is -2.46. The number of amides is 2. The Balaban J connectivity index is 1.51. The first-order chi connectivity index (χ1) is 18.3. The van der Waals surface area contributed by atoms with Crippen molar-refractivity contribution < 1.29 is 28.3 Å². The molecule has 2 aromatic rings. The second-order valence-electron chi connectivity index (χ2n) is 9.15. The van der Waals surface area contributed by atoms with E-state index >= 15 is 0 Å². The van der Waals surface area contributed by atoms with E-state index in [1.165, 1.54) is 30.2 Å². The Morgan fingerprint density at radius 1 is 1.00 bits per heavy atom. The molecule has 0 radical (unpaired) electrons. The zero-order chi connectivity index (χ0) is 27.2. The summed E-state index contributed by atoms with van der Waals surface area (Å²) in [4.78, 5) is 58.0. The highest BCUT2D eigenvalue weighted by molar-refractivity contribution is 6.27. The van der Waals surface area contributed by atoms with Crippen LogP contribution in [-0.4, -0.2) is 98.1 Å². The van der Waals surface area contributed by atoms with Gasteiger partial charge in [0.1, 0.15) is 17.2 Å². The number of carbonyl (C=O) groups excluding carboxylic acids is 4. The molecular weight excluding hydrogens is 491 g/mol. The summed E-state index contributed by atoms with van der Waals surface area (Å²) in [7, 11) is 3.05. The van der Waals surface area contributed by atoms with E-state index < -0.39 is 11.6 Å². The van der Waals surface area contributed by atoms with Crippen molar-refractivity contribution in [3.8, 4) is 0 Å². The molecule has 0 saturated carbocycles. The zero-order valence-corrected chi connectivity index (χ0v) is 21.5. The molecule has 1 fully saturated rings. The van der Waals surface area contributed by atoms with Gasteiger partial charge in [-0.3, -0.25) is 24.1 Å². The maximum atomic E-state index is 13.6. The molecule has 2 aromatic carbocycles. The van der Waals surface area contributed by atoms with Crippen molar-refractivity contribution >= 4 is 23.4 Å². The molecule has 1 aliphatic heterocycles. The van der Waals surface area contributed by atoms with E-state index in [2.05, 4.69) is 5.32 Å². The Morgan fingerprint density at radius 2 is 1.74 bits per heavy atom. The largest absolute Gasteiger partial charge is 0.383 e. The molecule has 4 rings (SSSR count). The lowest BCUT2D eigenvalue weighted by Gasteiger charge is -2.31. The summed E-state index contributed by atoms with van der Waals surface area (Å²) >= 11 is 0. The molecule has 0 bridgehead atoms. The molecule has 2 aliphatic rings. The third-order valence-corrected chi connectivity index (χ3v) is 6.74. The van der Waals surface area contributed by atoms with Crippen LogP contribution in [0.2, 0.25) is 0 Å². The van der Waals surface area contributed by atoms with E-state index in [1.54, 1.807) is 42.3 Å². The second kappa shape index (κ2) is 12.1. The molecule has 200 valence electrons. The lowest BCUT2D eigenvalue weighted by atomic mass is 9.89. The van der Waals surface area contributed by atoms with Crippen LogP contribution in [0.3, 0.4) is 0 Å². The number of nitrogens with one attached hydrogen (secondary N) is 1. The second-order valence-corrected chi connectivity index (χ2v) is 9.15. The number of likely N-dealkylation sites (N-methyl/N-ethyl adjacent to an activating group) is 1. The molecule has 0 unspecified atom stereocenters. The Labute approximate surface area is 220 Å². The number of allylic oxidation sites excluding steroid dienone is 2. The van der Waals surface area contributed by atoms with Crippen LogP contribution in [0.15, 0.2) is 59.9 Å². The van der Waals surface area contributed by atoms with Crippen LogP contribution in [0, 0.1) is 5.82 Å². The number of carbonyl (C=O) groups is 4. The number of hydrogen-bond donors (Lipinski definition) is 1. The number of ether oxygens (including phenoxy) is 1. The number of benzene rings is 2. The number of halogens is 1. The number of hydrogen-bond acceptors (Lipinski definition) is 7. The van der Waals surface area contributed by atoms with Gasteiger partial charge in [0.15, 0.2) is 0 Å². The van der Waals surface area contributed by atoms with Crippen LogP contribution in [0.1, 0.15) is 37.5 Å². The first kappa shape index (κ1) is 27.2. The van der Waals surface area contributed by atoms with Gasteiger partial charge in [0.05, 0.1) is 13.2 Å². The summed E-state index contributed by atoms with van der Waals surface area (Å²) in [6.07, 6.45) is 0.627. The molecule has 1 heterocycles. The van der Waals surface area contributed by atoms with Crippen LogP contribution in [0.25, 0.3) is 0 Å². The van der Waals surface area contributed by atoms with Gasteiger partial charge in [-0.15, -0.1) is 0 Å². The summed E-state index contributed by atoms with van der Waals surface area (Å²) in [6.45, 7) is 2.10. The van der Waals surface area contributed by atoms with Gasteiger partial charge in [0.25, 0.3) is 5.91 Å². The Hall–Kier alpha value is -3.89. The van der Waals surface area contributed by atoms with Gasteiger partial charge in [-0.2, -0.15) is 0 Å². The molecule has 1 N–H and O–H groups in total. The van der Waals surface area contributed by atoms with Gasteiger partial charge in [0.2, 0.25) is 17.5 Å². The van der Waals surface area contributed by atoms with Crippen LogP contribution in [0.4, 0.5) is 4.39 Å². The number of fused-ring (bicyclic) bond motifs is 1. The van der Waals surface area contributed by atoms with E-state index in [9.17, 15) is 23.6 Å². The zero-order valence-electron chi connectivity index (χ0n) is 21.5. The molecular formula is C28H31FN4O5. The Bertz CT molecular complexity index is 1280. The fourth-order valence-corrected chi connectivity index (χ4v) is 4.81. The third kappa shape index (κ3) is 5.66. The maximum Gasteiger partial charge on any atom is 0.254 e. The normalized spacial score (nSPS) is 16.2. The molecule has 0 aromatic heterocycles. The monoisotopic (exact) mass is 522 g/mol. The van der Waals surface area contributed by atoms with Gasteiger partial charge < -0.3 is 19.9 Å². The Kier molecular flexibility index (Phi) is 8.65. The number of Topliss-reactive ketones (excluding diaryl/α,β-unsaturated/α-hetero) is 2. The highest BCUT2D eigenvalue weighted by atomic mass is 19.1. The van der Waals surface area contributed by atoms with Gasteiger partial charge in [-0.05, 0) is 24.6 Å². The number of ketones is 2. The van der Waals surface area contributed by atoms with Gasteiger partial charge in [-0.1, -0.05) is 30.3 Å². The van der Waals surface area contributed by atoms with Crippen molar-refractivity contribution in [1.29, 1.82) is 0 Å². The van der Waals surface area contributed by atoms with Gasteiger partial charge >= 0.3 is 0 Å². The standard InChI is InChI=1S/C28H31FN4O5/c1-30-24-25(27(36)22-10-4-3-9-21(22)26(24)35)33(15-16-38-2)23(34)18-31-11-6-12-32(14-13-31)28(37)19-7-5-8-20(29)17-19/h3-5,7-10,17,30H,6,11-16,18H2,1-2H3. The van der Waals surface area contributed by atoms with Crippen LogP contribution in [-0.2, 0) is 9.53 Å². The number of nitrogens with zero attached hydrogens (tertiary/aromatic N) is 3. The molecule has 10 heteroatoms. The summed E-state index contributed by atoms with van der Waals surface area (Å²) < 4.78 is 18.8. The number of methoxy groups -OCH3 is 1. The molecule has 1 aliphatic carbocycles. The third-order valence-electron chi connectivity index (χ3n) is 6.74. The lowest BCUT2D eigenvalue weighted by molar-refractivity contribution is -0.130. The smallest absolute Gasteiger partial charge is 0.254 e. The van der Waals surface area contributed by atoms with Crippen molar-refractivity contribution in [1.82, 2.24) is 20.0 Å². The average Bonchev–Trinajstić information content (AvgIpc) is 3.16. The topological polar surface area (TPSA) is 99.3 Å². The fraction of sp³-hybridized carbons (Fsp3) is 0.357. The van der Waals surface area contributed by atoms with Crippen molar-refractivity contribution in [2.45, 2.75) is 6.42 Å². The van der Waals surface area contributed by atoms with Crippen molar-refractivity contribution in [2.24, 2.45) is 0 Å². The van der Waals surface area contributed by atoms with E-state index in [0.29, 0.717) is 38.2 Å². The van der Waals surface area contributed by atoms with E-state index in [0.717, 1.165) is 0 Å².